The highest BCUT2D eigenvalue weighted by molar-refractivity contribution is 8.01. The lowest BCUT2D eigenvalue weighted by Crippen LogP contribution is -2.43. The monoisotopic (exact) mass is 440 g/mol. The van der Waals surface area contributed by atoms with E-state index in [0.717, 1.165) is 22.8 Å². The summed E-state index contributed by atoms with van der Waals surface area (Å²) in [6.07, 6.45) is 0. The van der Waals surface area contributed by atoms with Crippen LogP contribution in [0.3, 0.4) is 0 Å². The molecule has 1 aliphatic heterocycles. The molecule has 3 heterocycles. The first-order valence-corrected chi connectivity index (χ1v) is 11.0. The molecule has 10 nitrogen and oxygen atoms in total. The minimum Gasteiger partial charge on any atom is -0.384 e. The predicted octanol–water partition coefficient (Wildman–Crippen LogP) is 0.448. The normalized spacial score (nSPS) is 14.6. The van der Waals surface area contributed by atoms with Crippen LogP contribution in [0.15, 0.2) is 13.9 Å². The van der Waals surface area contributed by atoms with Gasteiger partial charge in [-0.2, -0.15) is 0 Å². The number of ketones is 1. The topological polar surface area (TPSA) is 125 Å². The lowest BCUT2D eigenvalue weighted by atomic mass is 10.2. The van der Waals surface area contributed by atoms with Crippen LogP contribution in [0.2, 0.25) is 0 Å². The minimum atomic E-state index is -0.677. The molecule has 1 saturated heterocycles. The zero-order chi connectivity index (χ0) is 21.1. The summed E-state index contributed by atoms with van der Waals surface area (Å²) >= 11 is 2.59. The molecule has 12 heteroatoms. The molecule has 1 aliphatic rings. The zero-order valence-corrected chi connectivity index (χ0v) is 18.2. The summed E-state index contributed by atoms with van der Waals surface area (Å²) in [6, 6.07) is 0. The molecular weight excluding hydrogens is 416 g/mol. The highest BCUT2D eigenvalue weighted by atomic mass is 32.2. The van der Waals surface area contributed by atoms with E-state index in [2.05, 4.69) is 15.1 Å². The molecule has 1 fully saturated rings. The second-order valence-electron chi connectivity index (χ2n) is 7.07. The van der Waals surface area contributed by atoms with Crippen molar-refractivity contribution in [3.63, 3.8) is 0 Å². The van der Waals surface area contributed by atoms with E-state index in [1.807, 2.05) is 13.8 Å². The van der Waals surface area contributed by atoms with Gasteiger partial charge in [0.05, 0.1) is 19.0 Å². The van der Waals surface area contributed by atoms with E-state index in [-0.39, 0.29) is 23.1 Å². The van der Waals surface area contributed by atoms with Gasteiger partial charge in [0, 0.05) is 26.7 Å². The molecule has 0 aromatic carbocycles. The van der Waals surface area contributed by atoms with Crippen LogP contribution in [0.5, 0.6) is 0 Å². The molecule has 29 heavy (non-hydrogen) atoms. The molecular formula is C17H24N6O4S2. The van der Waals surface area contributed by atoms with Gasteiger partial charge in [0.1, 0.15) is 11.4 Å². The molecule has 0 radical (unpaired) electrons. The number of rotatable bonds is 7. The van der Waals surface area contributed by atoms with Crippen molar-refractivity contribution in [2.24, 2.45) is 13.0 Å². The summed E-state index contributed by atoms with van der Waals surface area (Å²) in [5.74, 6) is -0.404. The number of nitrogens with two attached hydrogens (primary N) is 1. The van der Waals surface area contributed by atoms with E-state index in [9.17, 15) is 14.4 Å². The molecule has 0 bridgehead atoms. The van der Waals surface area contributed by atoms with Gasteiger partial charge in [-0.1, -0.05) is 36.9 Å². The molecule has 0 saturated carbocycles. The second-order valence-corrected chi connectivity index (χ2v) is 9.25. The number of aromatic nitrogens is 4. The van der Waals surface area contributed by atoms with Crippen LogP contribution < -0.4 is 21.9 Å². The number of anilines is 2. The maximum absolute atomic E-state index is 12.8. The molecule has 0 unspecified atom stereocenters. The summed E-state index contributed by atoms with van der Waals surface area (Å²) in [7, 11) is 1.35. The van der Waals surface area contributed by atoms with Crippen molar-refractivity contribution in [1.82, 2.24) is 19.3 Å². The van der Waals surface area contributed by atoms with Crippen molar-refractivity contribution in [3.8, 4) is 0 Å². The van der Waals surface area contributed by atoms with Crippen LogP contribution in [0.4, 0.5) is 10.9 Å². The number of carbonyl (C=O) groups excluding carboxylic acids is 1. The first-order chi connectivity index (χ1) is 13.8. The molecule has 2 aromatic heterocycles. The number of hydrogen-bond donors (Lipinski definition) is 1. The predicted molar refractivity (Wildman–Crippen MR) is 113 cm³/mol. The standard InChI is InChI=1S/C17H24N6O4S2/c1-10(2)8-23-13(18)12(14(25)21(3)17(23)26)11(24)9-28-16-20-19-15(29-16)22-4-6-27-7-5-22/h10H,4-9,18H2,1-3H3. The number of nitrogens with zero attached hydrogens (tertiary/aromatic N) is 5. The third-order valence-electron chi connectivity index (χ3n) is 4.41. The highest BCUT2D eigenvalue weighted by Gasteiger charge is 2.23. The van der Waals surface area contributed by atoms with Gasteiger partial charge in [0.15, 0.2) is 10.1 Å². The van der Waals surface area contributed by atoms with Crippen molar-refractivity contribution in [3.05, 3.63) is 26.4 Å². The van der Waals surface area contributed by atoms with Gasteiger partial charge in [-0.25, -0.2) is 4.79 Å². The summed E-state index contributed by atoms with van der Waals surface area (Å²) < 4.78 is 8.17. The molecule has 0 spiro atoms. The number of hydrogen-bond acceptors (Lipinski definition) is 10. The van der Waals surface area contributed by atoms with Crippen molar-refractivity contribution in [2.45, 2.75) is 24.7 Å². The van der Waals surface area contributed by atoms with Crippen molar-refractivity contribution in [2.75, 3.05) is 42.7 Å². The van der Waals surface area contributed by atoms with Crippen molar-refractivity contribution in [1.29, 1.82) is 0 Å². The van der Waals surface area contributed by atoms with E-state index in [0.29, 0.717) is 24.1 Å². The van der Waals surface area contributed by atoms with Gasteiger partial charge in [-0.05, 0) is 5.92 Å². The Labute approximate surface area is 175 Å². The third-order valence-corrected chi connectivity index (χ3v) is 6.53. The maximum atomic E-state index is 12.8. The van der Waals surface area contributed by atoms with Gasteiger partial charge in [-0.3, -0.25) is 18.7 Å². The lowest BCUT2D eigenvalue weighted by Gasteiger charge is -2.25. The van der Waals surface area contributed by atoms with Crippen LogP contribution >= 0.6 is 23.1 Å². The quantitative estimate of drug-likeness (QED) is 0.482. The summed E-state index contributed by atoms with van der Waals surface area (Å²) in [4.78, 5) is 39.7. The fourth-order valence-electron chi connectivity index (χ4n) is 2.93. The van der Waals surface area contributed by atoms with E-state index in [1.54, 1.807) is 0 Å². The fraction of sp³-hybridized carbons (Fsp3) is 0.588. The molecule has 158 valence electrons. The summed E-state index contributed by atoms with van der Waals surface area (Å²) in [6.45, 7) is 6.98. The van der Waals surface area contributed by atoms with Crippen LogP contribution in [-0.4, -0.2) is 57.2 Å². The van der Waals surface area contributed by atoms with Crippen LogP contribution in [0, 0.1) is 5.92 Å². The van der Waals surface area contributed by atoms with E-state index in [4.69, 9.17) is 10.5 Å². The van der Waals surface area contributed by atoms with Gasteiger partial charge in [0.2, 0.25) is 5.13 Å². The zero-order valence-electron chi connectivity index (χ0n) is 16.6. The smallest absolute Gasteiger partial charge is 0.332 e. The highest BCUT2D eigenvalue weighted by Crippen LogP contribution is 2.29. The summed E-state index contributed by atoms with van der Waals surface area (Å²) in [5.41, 5.74) is 4.69. The van der Waals surface area contributed by atoms with E-state index < -0.39 is 17.0 Å². The number of thioether (sulfide) groups is 1. The Bertz CT molecular complexity index is 1010. The first-order valence-electron chi connectivity index (χ1n) is 9.21. The van der Waals surface area contributed by atoms with Gasteiger partial charge >= 0.3 is 5.69 Å². The average molecular weight is 441 g/mol. The molecule has 2 N–H and O–H groups in total. The Morgan fingerprint density at radius 2 is 1.97 bits per heavy atom. The average Bonchev–Trinajstić information content (AvgIpc) is 3.18. The number of nitrogen functional groups attached to an aromatic ring is 1. The summed E-state index contributed by atoms with van der Waals surface area (Å²) in [5, 5.41) is 9.07. The Hall–Kier alpha value is -2.18. The van der Waals surface area contributed by atoms with Gasteiger partial charge in [0.25, 0.3) is 5.56 Å². The number of carbonyl (C=O) groups is 1. The molecule has 2 aromatic rings. The lowest BCUT2D eigenvalue weighted by molar-refractivity contribution is 0.102. The molecule has 0 aliphatic carbocycles. The SMILES string of the molecule is CC(C)Cn1c(N)c(C(=O)CSc2nnc(N3CCOCC3)s2)c(=O)n(C)c1=O. The number of ether oxygens (including phenoxy) is 1. The Morgan fingerprint density at radius 3 is 2.62 bits per heavy atom. The van der Waals surface area contributed by atoms with Crippen molar-refractivity contribution < 1.29 is 9.53 Å². The Balaban J connectivity index is 1.77. The third kappa shape index (κ3) is 4.70. The largest absolute Gasteiger partial charge is 0.384 e. The van der Waals surface area contributed by atoms with Crippen molar-refractivity contribution >= 4 is 39.8 Å². The number of morpholine rings is 1. The molecule has 0 amide bonds. The van der Waals surface area contributed by atoms with E-state index in [1.165, 1.54) is 34.7 Å². The molecule has 3 rings (SSSR count). The van der Waals surface area contributed by atoms with E-state index >= 15 is 0 Å². The van der Waals surface area contributed by atoms with Crippen LogP contribution in [-0.2, 0) is 18.3 Å². The fourth-order valence-corrected chi connectivity index (χ4v) is 4.69. The van der Waals surface area contributed by atoms with Crippen LogP contribution in [0.25, 0.3) is 0 Å². The minimum absolute atomic E-state index is 0.0168. The van der Waals surface area contributed by atoms with Crippen LogP contribution in [0.1, 0.15) is 24.2 Å². The number of Topliss-reactive ketones (excluding diaryl/α,β-unsaturated/α-hetero) is 1. The Kier molecular flexibility index (Phi) is 6.75. The molecule has 0 atom stereocenters. The van der Waals surface area contributed by atoms with Gasteiger partial charge < -0.3 is 15.4 Å². The first kappa shape index (κ1) is 21.5. The Morgan fingerprint density at radius 1 is 1.28 bits per heavy atom. The van der Waals surface area contributed by atoms with Gasteiger partial charge in [-0.15, -0.1) is 10.2 Å². The maximum Gasteiger partial charge on any atom is 0.332 e. The second kappa shape index (κ2) is 9.09.